The van der Waals surface area contributed by atoms with Crippen LogP contribution >= 0.6 is 27.5 Å². The second-order valence-electron chi connectivity index (χ2n) is 11.2. The normalized spacial score (nSPS) is 36.8. The Morgan fingerprint density at radius 3 is 1.00 bits per heavy atom. The van der Waals surface area contributed by atoms with Gasteiger partial charge < -0.3 is 24.5 Å². The van der Waals surface area contributed by atoms with Gasteiger partial charge in [0, 0.05) is 10.3 Å². The molecule has 4 unspecified atom stereocenters. The monoisotopic (exact) mass is 444 g/mol. The molecule has 0 amide bonds. The minimum Gasteiger partial charge on any atom is -0.550 e. The topological polar surface area (TPSA) is 0 Å². The van der Waals surface area contributed by atoms with Crippen molar-refractivity contribution in [2.45, 2.75) is 104 Å². The van der Waals surface area contributed by atoms with Gasteiger partial charge in [-0.1, -0.05) is 41.5 Å². The van der Waals surface area contributed by atoms with Gasteiger partial charge in [0.05, 0.1) is 31.4 Å². The van der Waals surface area contributed by atoms with Crippen molar-refractivity contribution >= 4 is 52.0 Å². The molecule has 0 bridgehead atoms. The molecule has 0 saturated carbocycles. The third kappa shape index (κ3) is 4.52. The lowest BCUT2D eigenvalue weighted by atomic mass is 10.3. The maximum atomic E-state index is 6.67. The van der Waals surface area contributed by atoms with E-state index in [1.54, 1.807) is 0 Å². The summed E-state index contributed by atoms with van der Waals surface area (Å²) in [5.74, 6) is 2.62. The summed E-state index contributed by atoms with van der Waals surface area (Å²) in [4.78, 5) is 0. The van der Waals surface area contributed by atoms with E-state index in [1.807, 2.05) is 0 Å². The van der Waals surface area contributed by atoms with E-state index < -0.39 is 12.3 Å². The Balaban J connectivity index is 3.62. The summed E-state index contributed by atoms with van der Waals surface area (Å²) in [7, 11) is -0.279. The minimum absolute atomic E-state index is 0.140. The molecule has 4 atom stereocenters. The van der Waals surface area contributed by atoms with Crippen LogP contribution < -0.4 is 0 Å². The van der Waals surface area contributed by atoms with Gasteiger partial charge in [0.1, 0.15) is 5.90 Å². The first-order valence-electron chi connectivity index (χ1n) is 8.92. The summed E-state index contributed by atoms with van der Waals surface area (Å²) in [5.41, 5.74) is 0. The van der Waals surface area contributed by atoms with Gasteiger partial charge in [-0.05, 0) is 53.8 Å². The first-order chi connectivity index (χ1) is 10.2. The van der Waals surface area contributed by atoms with E-state index in [9.17, 15) is 0 Å². The van der Waals surface area contributed by atoms with E-state index in [0.717, 1.165) is 0 Å². The van der Waals surface area contributed by atoms with Gasteiger partial charge in [-0.2, -0.15) is 0 Å². The van der Waals surface area contributed by atoms with Gasteiger partial charge in [-0.15, -0.1) is 0 Å². The molecular formula is C18H40P4S2. The molecule has 1 rings (SSSR count). The van der Waals surface area contributed by atoms with E-state index in [2.05, 4.69) is 83.1 Å². The summed E-state index contributed by atoms with van der Waals surface area (Å²) >= 11 is 13.3. The number of rotatable bonds is 0. The van der Waals surface area contributed by atoms with E-state index >= 15 is 0 Å². The van der Waals surface area contributed by atoms with Crippen molar-refractivity contribution in [1.82, 2.24) is 0 Å². The highest BCUT2D eigenvalue weighted by atomic mass is 32.9. The van der Waals surface area contributed by atoms with Crippen LogP contribution in [0.3, 0.4) is 0 Å². The molecule has 1 aliphatic heterocycles. The first-order valence-corrected chi connectivity index (χ1v) is 19.4. The maximum Gasteiger partial charge on any atom is 0.126 e. The fourth-order valence-electron chi connectivity index (χ4n) is 3.29. The number of hydrogen-bond acceptors (Lipinski definition) is 2. The van der Waals surface area contributed by atoms with Crippen LogP contribution in [0.4, 0.5) is 0 Å². The molecule has 0 aromatic heterocycles. The standard InChI is InChI=1S/C18H40P4S2/c1-15(2,3)19-13-20(16(4,5)6)22(24,18(10,11)12)14-21(19,23)17(7,8)9/h13-14H2,1-12H3. The maximum absolute atomic E-state index is 6.67. The quantitative estimate of drug-likeness (QED) is 0.270. The molecule has 144 valence electrons. The van der Waals surface area contributed by atoms with Crippen molar-refractivity contribution in [2.75, 3.05) is 11.8 Å². The van der Waals surface area contributed by atoms with E-state index in [1.165, 1.54) is 11.8 Å². The predicted molar refractivity (Wildman–Crippen MR) is 131 cm³/mol. The second-order valence-corrected chi connectivity index (χ2v) is 35.6. The lowest BCUT2D eigenvalue weighted by Gasteiger charge is -2.65. The third-order valence-corrected chi connectivity index (χ3v) is 44.5. The van der Waals surface area contributed by atoms with Gasteiger partial charge in [0.15, 0.2) is 0 Å². The molecule has 1 fully saturated rings. The van der Waals surface area contributed by atoms with Crippen molar-refractivity contribution < 1.29 is 0 Å². The van der Waals surface area contributed by atoms with Crippen LogP contribution in [0, 0.1) is 0 Å². The van der Waals surface area contributed by atoms with Crippen molar-refractivity contribution in [3.8, 4) is 0 Å². The highest BCUT2D eigenvalue weighted by molar-refractivity contribution is 8.83. The Labute approximate surface area is 167 Å². The van der Waals surface area contributed by atoms with Crippen LogP contribution in [0.5, 0.6) is 0 Å². The molecule has 0 aliphatic carbocycles. The van der Waals surface area contributed by atoms with Crippen molar-refractivity contribution in [2.24, 2.45) is 0 Å². The fraction of sp³-hybridized carbons (Fsp3) is 1.00. The van der Waals surface area contributed by atoms with Crippen LogP contribution in [0.1, 0.15) is 83.1 Å². The Morgan fingerprint density at radius 1 is 0.583 bits per heavy atom. The molecular weight excluding hydrogens is 404 g/mol. The summed E-state index contributed by atoms with van der Waals surface area (Å²) in [6, 6.07) is 0. The highest BCUT2D eigenvalue weighted by Crippen LogP contribution is 3.10. The fourth-order valence-corrected chi connectivity index (χ4v) is 56.0. The largest absolute Gasteiger partial charge is 0.550 e. The smallest absolute Gasteiger partial charge is 0.126 e. The molecule has 0 nitrogen and oxygen atoms in total. The van der Waals surface area contributed by atoms with Crippen LogP contribution in [-0.2, 0) is 24.5 Å². The molecule has 0 aromatic carbocycles. The van der Waals surface area contributed by atoms with Gasteiger partial charge >= 0.3 is 0 Å². The summed E-state index contributed by atoms with van der Waals surface area (Å²) in [5, 5.41) is 1.19. The van der Waals surface area contributed by atoms with Crippen LogP contribution in [-0.4, -0.2) is 32.4 Å². The summed E-state index contributed by atoms with van der Waals surface area (Å²) < 4.78 is 0. The van der Waals surface area contributed by atoms with Crippen molar-refractivity contribution in [1.29, 1.82) is 0 Å². The molecule has 1 heterocycles. The van der Waals surface area contributed by atoms with Gasteiger partial charge in [-0.3, -0.25) is 0 Å². The lowest BCUT2D eigenvalue weighted by molar-refractivity contribution is 0.763. The van der Waals surface area contributed by atoms with E-state index in [4.69, 9.17) is 24.5 Å². The Bertz CT molecular complexity index is 425. The molecule has 1 aliphatic rings. The Kier molecular flexibility index (Phi) is 7.17. The molecule has 0 N–H and O–H groups in total. The van der Waals surface area contributed by atoms with Crippen molar-refractivity contribution in [3.05, 3.63) is 0 Å². The highest BCUT2D eigenvalue weighted by Gasteiger charge is 2.65. The van der Waals surface area contributed by atoms with Gasteiger partial charge in [-0.25, -0.2) is 0 Å². The van der Waals surface area contributed by atoms with E-state index in [0.29, 0.717) is 10.3 Å². The lowest BCUT2D eigenvalue weighted by Crippen LogP contribution is -2.35. The third-order valence-electron chi connectivity index (χ3n) is 5.08. The molecule has 24 heavy (non-hydrogen) atoms. The average molecular weight is 445 g/mol. The molecule has 0 aromatic rings. The average Bonchev–Trinajstić information content (AvgIpc) is 2.21. The Morgan fingerprint density at radius 2 is 0.833 bits per heavy atom. The Hall–Kier alpha value is 2.42. The van der Waals surface area contributed by atoms with Gasteiger partial charge in [0.25, 0.3) is 0 Å². The van der Waals surface area contributed by atoms with Gasteiger partial charge in [0.2, 0.25) is 0 Å². The van der Waals surface area contributed by atoms with Crippen LogP contribution in [0.2, 0.25) is 0 Å². The summed E-state index contributed by atoms with van der Waals surface area (Å²) in [6.45, 7) is 29.2. The van der Waals surface area contributed by atoms with Crippen LogP contribution in [0.15, 0.2) is 0 Å². The zero-order chi connectivity index (χ0) is 19.6. The SMILES string of the molecule is CC(C)(C)P1CP(C(C)(C)C)[P+]([S-])(C(C)(C)C)C[P+]1([S-])C(C)(C)C. The van der Waals surface area contributed by atoms with E-state index in [-0.39, 0.29) is 25.5 Å². The van der Waals surface area contributed by atoms with Crippen molar-refractivity contribution in [3.63, 3.8) is 0 Å². The molecule has 0 radical (unpaired) electrons. The summed E-state index contributed by atoms with van der Waals surface area (Å²) in [6.07, 6.45) is -2.99. The molecule has 1 saturated heterocycles. The second kappa shape index (κ2) is 7.03. The van der Waals surface area contributed by atoms with Crippen LogP contribution in [0.25, 0.3) is 0 Å². The first kappa shape index (κ1) is 24.5. The predicted octanol–water partition coefficient (Wildman–Crippen LogP) is 8.86. The molecule has 6 heteroatoms. The zero-order valence-electron chi connectivity index (χ0n) is 18.0. The zero-order valence-corrected chi connectivity index (χ0v) is 23.2. The minimum atomic E-state index is -1.49. The molecule has 0 spiro atoms. The number of hydrogen-bond donors (Lipinski definition) is 0.